The summed E-state index contributed by atoms with van der Waals surface area (Å²) in [5.74, 6) is 0.0799. The van der Waals surface area contributed by atoms with Crippen molar-refractivity contribution in [1.82, 2.24) is 4.90 Å². The summed E-state index contributed by atoms with van der Waals surface area (Å²) in [6, 6.07) is 0. The third kappa shape index (κ3) is 0.997. The van der Waals surface area contributed by atoms with Gasteiger partial charge in [-0.25, -0.2) is 0 Å². The molecule has 0 unspecified atom stereocenters. The highest BCUT2D eigenvalue weighted by Gasteiger charge is 2.12. The van der Waals surface area contributed by atoms with Gasteiger partial charge in [0.2, 0.25) is 5.91 Å². The van der Waals surface area contributed by atoms with E-state index in [1.54, 1.807) is 0 Å². The summed E-state index contributed by atoms with van der Waals surface area (Å²) in [5.41, 5.74) is 0. The van der Waals surface area contributed by atoms with E-state index in [2.05, 4.69) is 0 Å². The SMILES string of the molecule is [CH]N1CCCCC1=O. The van der Waals surface area contributed by atoms with Crippen LogP contribution in [0.25, 0.3) is 0 Å². The van der Waals surface area contributed by atoms with E-state index in [1.807, 2.05) is 0 Å². The smallest absolute Gasteiger partial charge is 0.222 e. The Hall–Kier alpha value is -0.530. The molecule has 1 amide bonds. The molecule has 44 valence electrons. The number of carbonyl (C=O) groups excluding carboxylic acids is 1. The topological polar surface area (TPSA) is 20.3 Å². The van der Waals surface area contributed by atoms with E-state index in [9.17, 15) is 4.79 Å². The van der Waals surface area contributed by atoms with Gasteiger partial charge in [-0.15, -0.1) is 0 Å². The second kappa shape index (κ2) is 2.16. The normalized spacial score (nSPS) is 21.6. The van der Waals surface area contributed by atoms with Crippen LogP contribution in [0.3, 0.4) is 0 Å². The average Bonchev–Trinajstić information content (AvgIpc) is 1.77. The van der Waals surface area contributed by atoms with Crippen molar-refractivity contribution < 1.29 is 4.79 Å². The van der Waals surface area contributed by atoms with Crippen LogP contribution in [0.1, 0.15) is 19.3 Å². The van der Waals surface area contributed by atoms with Crippen molar-refractivity contribution >= 4 is 5.91 Å². The first-order chi connectivity index (χ1) is 3.80. The Bertz CT molecular complexity index is 101. The summed E-state index contributed by atoms with van der Waals surface area (Å²) in [5, 5.41) is 0. The maximum atomic E-state index is 10.6. The average molecular weight is 111 g/mol. The van der Waals surface area contributed by atoms with Gasteiger partial charge in [0.15, 0.2) is 0 Å². The van der Waals surface area contributed by atoms with Gasteiger partial charge in [-0.05, 0) is 12.8 Å². The Morgan fingerprint density at radius 3 is 2.62 bits per heavy atom. The van der Waals surface area contributed by atoms with E-state index in [0.29, 0.717) is 6.42 Å². The third-order valence-corrected chi connectivity index (χ3v) is 1.36. The number of carbonyl (C=O) groups is 1. The van der Waals surface area contributed by atoms with Gasteiger partial charge in [0.25, 0.3) is 0 Å². The van der Waals surface area contributed by atoms with Crippen LogP contribution in [-0.4, -0.2) is 17.4 Å². The highest BCUT2D eigenvalue weighted by atomic mass is 16.2. The molecule has 2 radical (unpaired) electrons. The highest BCUT2D eigenvalue weighted by Crippen LogP contribution is 2.07. The van der Waals surface area contributed by atoms with Crippen molar-refractivity contribution in [2.45, 2.75) is 19.3 Å². The summed E-state index contributed by atoms with van der Waals surface area (Å²) in [6.07, 6.45) is 2.70. The molecule has 2 nitrogen and oxygen atoms in total. The lowest BCUT2D eigenvalue weighted by Crippen LogP contribution is -2.29. The Kier molecular flexibility index (Phi) is 1.51. The van der Waals surface area contributed by atoms with E-state index in [-0.39, 0.29) is 5.91 Å². The molecule has 0 aromatic heterocycles. The number of likely N-dealkylation sites (tertiary alicyclic amines) is 1. The second-order valence-corrected chi connectivity index (χ2v) is 2.04. The molecule has 1 saturated heterocycles. The van der Waals surface area contributed by atoms with Crippen LogP contribution in [0.15, 0.2) is 0 Å². The van der Waals surface area contributed by atoms with Crippen molar-refractivity contribution in [2.24, 2.45) is 0 Å². The lowest BCUT2D eigenvalue weighted by Gasteiger charge is -2.20. The van der Waals surface area contributed by atoms with E-state index < -0.39 is 0 Å². The second-order valence-electron chi connectivity index (χ2n) is 2.04. The molecule has 2 heteroatoms. The summed E-state index contributed by atoms with van der Waals surface area (Å²) >= 11 is 0. The maximum absolute atomic E-state index is 10.6. The van der Waals surface area contributed by atoms with Gasteiger partial charge in [-0.3, -0.25) is 4.79 Å². The first-order valence-electron chi connectivity index (χ1n) is 2.86. The lowest BCUT2D eigenvalue weighted by molar-refractivity contribution is -0.130. The number of amides is 1. The van der Waals surface area contributed by atoms with Crippen molar-refractivity contribution in [3.63, 3.8) is 0 Å². The molecule has 0 aliphatic carbocycles. The molecule has 1 aliphatic heterocycles. The zero-order chi connectivity index (χ0) is 5.98. The van der Waals surface area contributed by atoms with Gasteiger partial charge >= 0.3 is 0 Å². The van der Waals surface area contributed by atoms with E-state index in [1.165, 1.54) is 4.90 Å². The molecule has 1 heterocycles. The highest BCUT2D eigenvalue weighted by molar-refractivity contribution is 5.76. The van der Waals surface area contributed by atoms with Gasteiger partial charge < -0.3 is 4.90 Å². The molecular weight excluding hydrogens is 102 g/mol. The van der Waals surface area contributed by atoms with E-state index in [0.717, 1.165) is 19.4 Å². The molecule has 0 N–H and O–H groups in total. The number of piperidine rings is 1. The standard InChI is InChI=1S/C6H9NO/c1-7-5-3-2-4-6(7)8/h1H,2-5H2. The fraction of sp³-hybridized carbons (Fsp3) is 0.667. The lowest BCUT2D eigenvalue weighted by atomic mass is 10.1. The monoisotopic (exact) mass is 111 g/mol. The van der Waals surface area contributed by atoms with Crippen LogP contribution >= 0.6 is 0 Å². The molecule has 0 spiro atoms. The molecule has 0 bridgehead atoms. The molecule has 1 fully saturated rings. The van der Waals surface area contributed by atoms with Gasteiger partial charge in [-0.2, -0.15) is 0 Å². The van der Waals surface area contributed by atoms with Gasteiger partial charge in [-0.1, -0.05) is 0 Å². The largest absolute Gasteiger partial charge is 0.335 e. The molecule has 0 saturated carbocycles. The Labute approximate surface area is 49.5 Å². The third-order valence-electron chi connectivity index (χ3n) is 1.36. The van der Waals surface area contributed by atoms with E-state index in [4.69, 9.17) is 7.05 Å². The zero-order valence-electron chi connectivity index (χ0n) is 4.76. The van der Waals surface area contributed by atoms with E-state index >= 15 is 0 Å². The number of hydrogen-bond donors (Lipinski definition) is 0. The van der Waals surface area contributed by atoms with Gasteiger partial charge in [0.1, 0.15) is 0 Å². The molecule has 1 aliphatic rings. The molecule has 1 rings (SSSR count). The number of hydrogen-bond acceptors (Lipinski definition) is 1. The minimum atomic E-state index is 0.0799. The molecule has 0 aromatic rings. The predicted molar refractivity (Wildman–Crippen MR) is 29.9 cm³/mol. The van der Waals surface area contributed by atoms with Crippen LogP contribution in [0.2, 0.25) is 0 Å². The molecule has 0 atom stereocenters. The van der Waals surface area contributed by atoms with Crippen molar-refractivity contribution in [1.29, 1.82) is 0 Å². The van der Waals surface area contributed by atoms with Crippen LogP contribution in [0.4, 0.5) is 0 Å². The Morgan fingerprint density at radius 1 is 1.50 bits per heavy atom. The summed E-state index contributed by atoms with van der Waals surface area (Å²) in [7, 11) is 5.26. The first kappa shape index (κ1) is 5.60. The van der Waals surface area contributed by atoms with Crippen molar-refractivity contribution in [2.75, 3.05) is 6.54 Å². The Morgan fingerprint density at radius 2 is 2.25 bits per heavy atom. The van der Waals surface area contributed by atoms with Gasteiger partial charge in [0.05, 0.1) is 7.05 Å². The van der Waals surface area contributed by atoms with Crippen LogP contribution in [0, 0.1) is 7.05 Å². The molecular formula is C6H9NO. The molecule has 0 aromatic carbocycles. The minimum Gasteiger partial charge on any atom is -0.335 e. The van der Waals surface area contributed by atoms with Crippen molar-refractivity contribution in [3.8, 4) is 0 Å². The quantitative estimate of drug-likeness (QED) is 0.450. The summed E-state index contributed by atoms with van der Waals surface area (Å²) < 4.78 is 0. The predicted octanol–water partition coefficient (Wildman–Crippen LogP) is 0.667. The van der Waals surface area contributed by atoms with Gasteiger partial charge in [0, 0.05) is 13.0 Å². The fourth-order valence-corrected chi connectivity index (χ4v) is 0.827. The number of rotatable bonds is 0. The van der Waals surface area contributed by atoms with Crippen LogP contribution < -0.4 is 0 Å². The summed E-state index contributed by atoms with van der Waals surface area (Å²) in [6.45, 7) is 0.735. The zero-order valence-corrected chi connectivity index (χ0v) is 4.76. The molecule has 8 heavy (non-hydrogen) atoms. The number of nitrogens with zero attached hydrogens (tertiary/aromatic N) is 1. The first-order valence-corrected chi connectivity index (χ1v) is 2.86. The fourth-order valence-electron chi connectivity index (χ4n) is 0.827. The van der Waals surface area contributed by atoms with Crippen LogP contribution in [-0.2, 0) is 4.79 Å². The minimum absolute atomic E-state index is 0.0799. The maximum Gasteiger partial charge on any atom is 0.222 e. The van der Waals surface area contributed by atoms with Crippen LogP contribution in [0.5, 0.6) is 0 Å². The van der Waals surface area contributed by atoms with Crippen molar-refractivity contribution in [3.05, 3.63) is 7.05 Å². The Balaban J connectivity index is 2.39. The summed E-state index contributed by atoms with van der Waals surface area (Å²) in [4.78, 5) is 11.9.